The second-order valence-electron chi connectivity index (χ2n) is 6.39. The number of hydrogen-bond donors (Lipinski definition) is 2. The first kappa shape index (κ1) is 16.8. The van der Waals surface area contributed by atoms with E-state index in [-0.39, 0.29) is 17.4 Å². The number of carboxylic acid groups (broad SMARTS) is 1. The molecule has 1 saturated heterocycles. The van der Waals surface area contributed by atoms with Crippen LogP contribution in [0.3, 0.4) is 0 Å². The molecule has 1 aliphatic heterocycles. The molecule has 0 aromatic rings. The Morgan fingerprint density at radius 1 is 1.40 bits per heavy atom. The van der Waals surface area contributed by atoms with Crippen molar-refractivity contribution in [2.45, 2.75) is 27.2 Å². The van der Waals surface area contributed by atoms with E-state index in [1.807, 2.05) is 6.92 Å². The van der Waals surface area contributed by atoms with E-state index < -0.39 is 11.9 Å². The molecule has 6 nitrogen and oxygen atoms in total. The van der Waals surface area contributed by atoms with Crippen LogP contribution in [-0.2, 0) is 9.53 Å². The van der Waals surface area contributed by atoms with Gasteiger partial charge in [0.05, 0.1) is 5.92 Å². The number of hydrogen-bond acceptors (Lipinski definition) is 3. The highest BCUT2D eigenvalue weighted by Crippen LogP contribution is 2.24. The van der Waals surface area contributed by atoms with Gasteiger partial charge in [-0.2, -0.15) is 0 Å². The Morgan fingerprint density at radius 2 is 2.05 bits per heavy atom. The van der Waals surface area contributed by atoms with Crippen molar-refractivity contribution in [3.05, 3.63) is 0 Å². The summed E-state index contributed by atoms with van der Waals surface area (Å²) in [6.07, 6.45) is 0.859. The molecule has 20 heavy (non-hydrogen) atoms. The van der Waals surface area contributed by atoms with Crippen LogP contribution in [0.5, 0.6) is 0 Å². The Kier molecular flexibility index (Phi) is 5.80. The average molecular weight is 286 g/mol. The molecule has 1 rings (SSSR count). The number of rotatable bonds is 6. The van der Waals surface area contributed by atoms with Crippen molar-refractivity contribution in [2.75, 3.05) is 33.4 Å². The fraction of sp³-hybridized carbons (Fsp3) is 0.857. The van der Waals surface area contributed by atoms with Crippen molar-refractivity contribution in [3.8, 4) is 0 Å². The third-order valence-electron chi connectivity index (χ3n) is 3.92. The van der Waals surface area contributed by atoms with Gasteiger partial charge in [-0.3, -0.25) is 4.79 Å². The van der Waals surface area contributed by atoms with Crippen molar-refractivity contribution >= 4 is 12.0 Å². The van der Waals surface area contributed by atoms with Gasteiger partial charge in [0.1, 0.15) is 0 Å². The maximum Gasteiger partial charge on any atom is 0.317 e. The number of aliphatic carboxylic acids is 1. The average Bonchev–Trinajstić information content (AvgIpc) is 2.76. The van der Waals surface area contributed by atoms with Crippen LogP contribution in [-0.4, -0.2) is 55.4 Å². The van der Waals surface area contributed by atoms with Gasteiger partial charge < -0.3 is 20.1 Å². The van der Waals surface area contributed by atoms with E-state index in [4.69, 9.17) is 9.84 Å². The molecular weight excluding hydrogens is 260 g/mol. The minimum absolute atomic E-state index is 0.000230. The van der Waals surface area contributed by atoms with Crippen LogP contribution in [0.15, 0.2) is 0 Å². The minimum Gasteiger partial charge on any atom is -0.481 e. The van der Waals surface area contributed by atoms with Crippen LogP contribution in [0.25, 0.3) is 0 Å². The zero-order valence-corrected chi connectivity index (χ0v) is 12.8. The highest BCUT2D eigenvalue weighted by molar-refractivity contribution is 5.77. The van der Waals surface area contributed by atoms with Crippen molar-refractivity contribution in [2.24, 2.45) is 17.3 Å². The summed E-state index contributed by atoms with van der Waals surface area (Å²) in [6.45, 7) is 8.01. The standard InChI is InChI=1S/C14H26N2O4/c1-10-7-16(8-11(10)12(17)18)13(19)15-9-14(2,3)5-6-20-4/h10-11H,5-9H2,1-4H3,(H,15,19)(H,17,18)/t10-,11-/m1/s1. The number of likely N-dealkylation sites (tertiary alicyclic amines) is 1. The van der Waals surface area contributed by atoms with Gasteiger partial charge in [-0.15, -0.1) is 0 Å². The SMILES string of the molecule is COCCC(C)(C)CNC(=O)N1C[C@@H](C)[C@H](C(=O)O)C1. The molecule has 0 saturated carbocycles. The number of carboxylic acids is 1. The maximum absolute atomic E-state index is 12.1. The lowest BCUT2D eigenvalue weighted by atomic mass is 9.90. The number of amides is 2. The van der Waals surface area contributed by atoms with E-state index in [2.05, 4.69) is 19.2 Å². The van der Waals surface area contributed by atoms with E-state index in [1.54, 1.807) is 12.0 Å². The zero-order valence-electron chi connectivity index (χ0n) is 12.8. The first-order valence-corrected chi connectivity index (χ1v) is 7.01. The molecule has 116 valence electrons. The summed E-state index contributed by atoms with van der Waals surface area (Å²) in [5.74, 6) is -1.28. The number of nitrogens with zero attached hydrogens (tertiary/aromatic N) is 1. The van der Waals surface area contributed by atoms with Gasteiger partial charge in [0, 0.05) is 33.4 Å². The van der Waals surface area contributed by atoms with Gasteiger partial charge in [0.25, 0.3) is 0 Å². The van der Waals surface area contributed by atoms with Gasteiger partial charge in [0.2, 0.25) is 0 Å². The molecule has 0 aromatic heterocycles. The molecule has 0 bridgehead atoms. The largest absolute Gasteiger partial charge is 0.481 e. The molecule has 0 aliphatic carbocycles. The number of ether oxygens (including phenoxy) is 1. The lowest BCUT2D eigenvalue weighted by Crippen LogP contribution is -2.43. The van der Waals surface area contributed by atoms with E-state index in [0.29, 0.717) is 26.2 Å². The van der Waals surface area contributed by atoms with Crippen LogP contribution in [0.4, 0.5) is 4.79 Å². The topological polar surface area (TPSA) is 78.9 Å². The van der Waals surface area contributed by atoms with Gasteiger partial charge in [-0.05, 0) is 17.8 Å². The third-order valence-corrected chi connectivity index (χ3v) is 3.92. The lowest BCUT2D eigenvalue weighted by molar-refractivity contribution is -0.142. The van der Waals surface area contributed by atoms with Gasteiger partial charge >= 0.3 is 12.0 Å². The Balaban J connectivity index is 2.42. The summed E-state index contributed by atoms with van der Waals surface area (Å²) in [6, 6.07) is -0.175. The predicted octanol–water partition coefficient (Wildman–Crippen LogP) is 1.41. The molecule has 0 unspecified atom stereocenters. The molecule has 1 fully saturated rings. The quantitative estimate of drug-likeness (QED) is 0.774. The summed E-state index contributed by atoms with van der Waals surface area (Å²) in [5.41, 5.74) is -0.0385. The Morgan fingerprint density at radius 3 is 2.55 bits per heavy atom. The second-order valence-corrected chi connectivity index (χ2v) is 6.39. The number of nitrogens with one attached hydrogen (secondary N) is 1. The summed E-state index contributed by atoms with van der Waals surface area (Å²) < 4.78 is 5.05. The summed E-state index contributed by atoms with van der Waals surface area (Å²) in [4.78, 5) is 24.7. The Labute approximate surface area is 120 Å². The van der Waals surface area contributed by atoms with Crippen molar-refractivity contribution in [1.29, 1.82) is 0 Å². The molecule has 1 aliphatic rings. The first-order valence-electron chi connectivity index (χ1n) is 7.01. The van der Waals surface area contributed by atoms with E-state index in [9.17, 15) is 9.59 Å². The zero-order chi connectivity index (χ0) is 15.3. The fourth-order valence-corrected chi connectivity index (χ4v) is 2.35. The van der Waals surface area contributed by atoms with E-state index in [1.165, 1.54) is 0 Å². The van der Waals surface area contributed by atoms with Gasteiger partial charge in [-0.1, -0.05) is 20.8 Å². The smallest absolute Gasteiger partial charge is 0.317 e. The molecule has 2 N–H and O–H groups in total. The second kappa shape index (κ2) is 6.92. The van der Waals surface area contributed by atoms with Gasteiger partial charge in [-0.25, -0.2) is 4.79 Å². The monoisotopic (exact) mass is 286 g/mol. The number of urea groups is 1. The van der Waals surface area contributed by atoms with Crippen molar-refractivity contribution < 1.29 is 19.4 Å². The van der Waals surface area contributed by atoms with Crippen LogP contribution >= 0.6 is 0 Å². The van der Waals surface area contributed by atoms with Crippen LogP contribution < -0.4 is 5.32 Å². The summed E-state index contributed by atoms with van der Waals surface area (Å²) >= 11 is 0. The maximum atomic E-state index is 12.1. The Hall–Kier alpha value is -1.30. The first-order chi connectivity index (χ1) is 9.26. The molecule has 2 atom stereocenters. The highest BCUT2D eigenvalue weighted by Gasteiger charge is 2.37. The predicted molar refractivity (Wildman–Crippen MR) is 75.5 cm³/mol. The van der Waals surface area contributed by atoms with Crippen LogP contribution in [0, 0.1) is 17.3 Å². The summed E-state index contributed by atoms with van der Waals surface area (Å²) in [7, 11) is 1.66. The van der Waals surface area contributed by atoms with Gasteiger partial charge in [0.15, 0.2) is 0 Å². The minimum atomic E-state index is -0.826. The third kappa shape index (κ3) is 4.67. The Bertz CT molecular complexity index is 357. The van der Waals surface area contributed by atoms with Crippen molar-refractivity contribution in [1.82, 2.24) is 10.2 Å². The van der Waals surface area contributed by atoms with Crippen LogP contribution in [0.2, 0.25) is 0 Å². The molecule has 6 heteroatoms. The lowest BCUT2D eigenvalue weighted by Gasteiger charge is -2.26. The summed E-state index contributed by atoms with van der Waals surface area (Å²) in [5, 5.41) is 12.0. The highest BCUT2D eigenvalue weighted by atomic mass is 16.5. The molecule has 1 heterocycles. The molecule has 2 amide bonds. The molecule has 0 radical (unpaired) electrons. The fourth-order valence-electron chi connectivity index (χ4n) is 2.35. The normalized spacial score (nSPS) is 22.9. The van der Waals surface area contributed by atoms with Crippen molar-refractivity contribution in [3.63, 3.8) is 0 Å². The van der Waals surface area contributed by atoms with E-state index in [0.717, 1.165) is 6.42 Å². The van der Waals surface area contributed by atoms with E-state index >= 15 is 0 Å². The number of carbonyl (C=O) groups is 2. The molecular formula is C14H26N2O4. The molecule has 0 spiro atoms. The molecule has 0 aromatic carbocycles. The number of carbonyl (C=O) groups excluding carboxylic acids is 1. The van der Waals surface area contributed by atoms with Crippen LogP contribution in [0.1, 0.15) is 27.2 Å². The number of methoxy groups -OCH3 is 1.